The highest BCUT2D eigenvalue weighted by atomic mass is 19.1. The molecule has 0 radical (unpaired) electrons. The highest BCUT2D eigenvalue weighted by Gasteiger charge is 2.17. The molecule has 2 aromatic carbocycles. The second-order valence-corrected chi connectivity index (χ2v) is 3.99. The van der Waals surface area contributed by atoms with Crippen LogP contribution in [0.25, 0.3) is 0 Å². The third-order valence-electron chi connectivity index (χ3n) is 2.64. The molecule has 0 aliphatic rings. The number of esters is 1. The van der Waals surface area contributed by atoms with Gasteiger partial charge >= 0.3 is 5.97 Å². The first-order valence-corrected chi connectivity index (χ1v) is 5.80. The summed E-state index contributed by atoms with van der Waals surface area (Å²) in [4.78, 5) is 11.9. The number of hydrogen-bond donors (Lipinski definition) is 0. The van der Waals surface area contributed by atoms with Crippen molar-refractivity contribution in [3.05, 3.63) is 59.2 Å². The van der Waals surface area contributed by atoms with Crippen LogP contribution in [-0.4, -0.2) is 13.1 Å². The Morgan fingerprint density at radius 3 is 2.57 bits per heavy atom. The van der Waals surface area contributed by atoms with Gasteiger partial charge in [-0.25, -0.2) is 13.6 Å². The molecule has 4 nitrogen and oxygen atoms in total. The molecule has 0 amide bonds. The first kappa shape index (κ1) is 14.5. The van der Waals surface area contributed by atoms with Crippen molar-refractivity contribution in [3.63, 3.8) is 0 Å². The van der Waals surface area contributed by atoms with Gasteiger partial charge in [0.15, 0.2) is 11.5 Å². The van der Waals surface area contributed by atoms with Crippen LogP contribution in [0.4, 0.5) is 8.78 Å². The average Bonchev–Trinajstić information content (AvgIpc) is 2.49. The monoisotopic (exact) mass is 289 g/mol. The fraction of sp³-hybridized carbons (Fsp3) is 0.0667. The van der Waals surface area contributed by atoms with E-state index in [9.17, 15) is 13.6 Å². The van der Waals surface area contributed by atoms with Crippen LogP contribution in [0.2, 0.25) is 0 Å². The maximum Gasteiger partial charge on any atom is 0.346 e. The van der Waals surface area contributed by atoms with Crippen molar-refractivity contribution in [3.8, 4) is 17.6 Å². The summed E-state index contributed by atoms with van der Waals surface area (Å²) >= 11 is 0. The van der Waals surface area contributed by atoms with E-state index in [0.29, 0.717) is 5.56 Å². The van der Waals surface area contributed by atoms with E-state index < -0.39 is 23.2 Å². The fourth-order valence-corrected chi connectivity index (χ4v) is 1.63. The first-order chi connectivity index (χ1) is 10.0. The van der Waals surface area contributed by atoms with Crippen LogP contribution >= 0.6 is 0 Å². The second kappa shape index (κ2) is 6.01. The Balaban J connectivity index is 2.32. The minimum absolute atomic E-state index is 0.00478. The molecule has 0 fully saturated rings. The number of benzene rings is 2. The normalized spacial score (nSPS) is 9.81. The van der Waals surface area contributed by atoms with Crippen molar-refractivity contribution in [1.82, 2.24) is 0 Å². The van der Waals surface area contributed by atoms with Crippen LogP contribution in [0.3, 0.4) is 0 Å². The lowest BCUT2D eigenvalue weighted by Gasteiger charge is -2.09. The molecule has 0 saturated carbocycles. The smallest absolute Gasteiger partial charge is 0.346 e. The van der Waals surface area contributed by atoms with Gasteiger partial charge in [-0.05, 0) is 30.3 Å². The lowest BCUT2D eigenvalue weighted by Crippen LogP contribution is -2.11. The van der Waals surface area contributed by atoms with Gasteiger partial charge in [-0.3, -0.25) is 0 Å². The number of carbonyl (C=O) groups excluding carboxylic acids is 1. The van der Waals surface area contributed by atoms with Crippen molar-refractivity contribution in [2.45, 2.75) is 0 Å². The molecule has 0 unspecified atom stereocenters. The van der Waals surface area contributed by atoms with E-state index in [0.717, 1.165) is 18.2 Å². The van der Waals surface area contributed by atoms with Crippen LogP contribution in [0.1, 0.15) is 15.9 Å². The molecule has 6 heteroatoms. The number of methoxy groups -OCH3 is 1. The molecule has 2 aromatic rings. The number of carbonyl (C=O) groups is 1. The van der Waals surface area contributed by atoms with Gasteiger partial charge in [0, 0.05) is 6.07 Å². The number of nitrogens with zero attached hydrogens (tertiary/aromatic N) is 1. The van der Waals surface area contributed by atoms with Crippen molar-refractivity contribution in [1.29, 1.82) is 5.26 Å². The van der Waals surface area contributed by atoms with Crippen molar-refractivity contribution in [2.24, 2.45) is 0 Å². The molecular formula is C15H9F2NO3. The van der Waals surface area contributed by atoms with E-state index in [1.165, 1.54) is 25.3 Å². The summed E-state index contributed by atoms with van der Waals surface area (Å²) in [5.74, 6) is -2.57. The Labute approximate surface area is 119 Å². The number of hydrogen-bond acceptors (Lipinski definition) is 4. The van der Waals surface area contributed by atoms with Crippen LogP contribution in [-0.2, 0) is 0 Å². The van der Waals surface area contributed by atoms with Gasteiger partial charge < -0.3 is 9.47 Å². The molecule has 0 spiro atoms. The summed E-state index contributed by atoms with van der Waals surface area (Å²) in [6.07, 6.45) is 0. The van der Waals surface area contributed by atoms with E-state index in [1.54, 1.807) is 0 Å². The Bertz CT molecular complexity index is 738. The van der Waals surface area contributed by atoms with Gasteiger partial charge in [-0.2, -0.15) is 5.26 Å². The Morgan fingerprint density at radius 2 is 1.90 bits per heavy atom. The highest BCUT2D eigenvalue weighted by molar-refractivity contribution is 5.91. The van der Waals surface area contributed by atoms with Crippen molar-refractivity contribution < 1.29 is 23.0 Å². The third kappa shape index (κ3) is 3.15. The summed E-state index contributed by atoms with van der Waals surface area (Å²) in [5.41, 5.74) is -0.218. The Hall–Kier alpha value is -2.94. The molecule has 0 aromatic heterocycles. The minimum Gasteiger partial charge on any atom is -0.493 e. The predicted molar refractivity (Wildman–Crippen MR) is 69.0 cm³/mol. The summed E-state index contributed by atoms with van der Waals surface area (Å²) in [5, 5.41) is 8.77. The standard InChI is InChI=1S/C15H9F2NO3/c1-20-14-6-9(8-18)2-5-13(14)21-15(19)11-7-10(16)3-4-12(11)17/h2-7H,1H3. The molecular weight excluding hydrogens is 280 g/mol. The summed E-state index contributed by atoms with van der Waals surface area (Å²) in [7, 11) is 1.33. The van der Waals surface area contributed by atoms with Gasteiger partial charge in [0.2, 0.25) is 0 Å². The fourth-order valence-electron chi connectivity index (χ4n) is 1.63. The van der Waals surface area contributed by atoms with Gasteiger partial charge in [0.25, 0.3) is 0 Å². The lowest BCUT2D eigenvalue weighted by atomic mass is 10.2. The zero-order valence-corrected chi connectivity index (χ0v) is 10.9. The second-order valence-electron chi connectivity index (χ2n) is 3.99. The molecule has 0 bridgehead atoms. The molecule has 0 heterocycles. The van der Waals surface area contributed by atoms with Crippen LogP contribution in [0.5, 0.6) is 11.5 Å². The Morgan fingerprint density at radius 1 is 1.14 bits per heavy atom. The van der Waals surface area contributed by atoms with Gasteiger partial charge in [0.1, 0.15) is 11.6 Å². The maximum atomic E-state index is 13.5. The molecule has 106 valence electrons. The largest absolute Gasteiger partial charge is 0.493 e. The third-order valence-corrected chi connectivity index (χ3v) is 2.64. The maximum absolute atomic E-state index is 13.5. The van der Waals surface area contributed by atoms with E-state index in [2.05, 4.69) is 0 Å². The molecule has 0 aliphatic heterocycles. The average molecular weight is 289 g/mol. The van der Waals surface area contributed by atoms with Crippen molar-refractivity contribution >= 4 is 5.97 Å². The summed E-state index contributed by atoms with van der Waals surface area (Å²) in [6.45, 7) is 0. The number of nitriles is 1. The van der Waals surface area contributed by atoms with Crippen LogP contribution in [0, 0.1) is 23.0 Å². The highest BCUT2D eigenvalue weighted by Crippen LogP contribution is 2.28. The molecule has 0 N–H and O–H groups in total. The van der Waals surface area contributed by atoms with E-state index in [4.69, 9.17) is 14.7 Å². The molecule has 2 rings (SSSR count). The van der Waals surface area contributed by atoms with E-state index >= 15 is 0 Å². The van der Waals surface area contributed by atoms with Gasteiger partial charge in [0.05, 0.1) is 24.3 Å². The quantitative estimate of drug-likeness (QED) is 0.643. The molecule has 21 heavy (non-hydrogen) atoms. The number of halogens is 2. The summed E-state index contributed by atoms with van der Waals surface area (Å²) in [6, 6.07) is 8.49. The minimum atomic E-state index is -1.06. The molecule has 0 atom stereocenters. The number of ether oxygens (including phenoxy) is 2. The van der Waals surface area contributed by atoms with Gasteiger partial charge in [-0.1, -0.05) is 0 Å². The SMILES string of the molecule is COc1cc(C#N)ccc1OC(=O)c1cc(F)ccc1F. The van der Waals surface area contributed by atoms with Crippen LogP contribution in [0.15, 0.2) is 36.4 Å². The van der Waals surface area contributed by atoms with Crippen LogP contribution < -0.4 is 9.47 Å². The predicted octanol–water partition coefficient (Wildman–Crippen LogP) is 3.06. The van der Waals surface area contributed by atoms with E-state index in [1.807, 2.05) is 6.07 Å². The number of rotatable bonds is 3. The zero-order chi connectivity index (χ0) is 15.4. The molecule has 0 aliphatic carbocycles. The molecule has 0 saturated heterocycles. The zero-order valence-electron chi connectivity index (χ0n) is 10.9. The van der Waals surface area contributed by atoms with Gasteiger partial charge in [-0.15, -0.1) is 0 Å². The van der Waals surface area contributed by atoms with E-state index in [-0.39, 0.29) is 11.5 Å². The van der Waals surface area contributed by atoms with Crippen molar-refractivity contribution in [2.75, 3.05) is 7.11 Å². The summed E-state index contributed by atoms with van der Waals surface area (Å²) < 4.78 is 36.5. The Kier molecular flexibility index (Phi) is 4.14. The first-order valence-electron chi connectivity index (χ1n) is 5.80. The topological polar surface area (TPSA) is 59.3 Å². The lowest BCUT2D eigenvalue weighted by molar-refractivity contribution is 0.0724.